The Morgan fingerprint density at radius 2 is 1.34 bits per heavy atom. The zero-order valence-corrected chi connectivity index (χ0v) is 33.8. The fourth-order valence-electron chi connectivity index (χ4n) is 7.85. The summed E-state index contributed by atoms with van der Waals surface area (Å²) in [6.45, 7) is 6.33. The second kappa shape index (κ2) is 21.1. The van der Waals surface area contributed by atoms with Crippen LogP contribution in [0.3, 0.4) is 0 Å². The van der Waals surface area contributed by atoms with Crippen LogP contribution in [0.15, 0.2) is 127 Å². The Hall–Kier alpha value is -5.36. The maximum atomic E-state index is 12.6. The monoisotopic (exact) mass is 795 g/mol. The second-order valence-corrected chi connectivity index (χ2v) is 15.7. The van der Waals surface area contributed by atoms with Crippen LogP contribution in [0.4, 0.5) is 11.4 Å². The largest absolute Gasteiger partial charge is 0.397 e. The first-order valence-electron chi connectivity index (χ1n) is 21.0. The van der Waals surface area contributed by atoms with E-state index in [9.17, 15) is 14.7 Å². The molecule has 2 amide bonds. The lowest BCUT2D eigenvalue weighted by Gasteiger charge is -2.40. The highest BCUT2D eigenvalue weighted by Crippen LogP contribution is 2.39. The molecular formula is C49H57N5O5. The second-order valence-electron chi connectivity index (χ2n) is 15.7. The summed E-state index contributed by atoms with van der Waals surface area (Å²) in [4.78, 5) is 30.0. The third-order valence-corrected chi connectivity index (χ3v) is 11.3. The molecule has 59 heavy (non-hydrogen) atoms. The number of carbonyl (C=O) groups excluding carboxylic acids is 2. The third-order valence-electron chi connectivity index (χ3n) is 11.3. The van der Waals surface area contributed by atoms with E-state index >= 15 is 0 Å². The summed E-state index contributed by atoms with van der Waals surface area (Å²) in [6.07, 6.45) is 3.12. The van der Waals surface area contributed by atoms with E-state index in [2.05, 4.69) is 99.3 Å². The predicted molar refractivity (Wildman–Crippen MR) is 233 cm³/mol. The van der Waals surface area contributed by atoms with E-state index in [0.29, 0.717) is 37.2 Å². The minimum absolute atomic E-state index is 0.0000137. The topological polar surface area (TPSA) is 129 Å². The van der Waals surface area contributed by atoms with Gasteiger partial charge in [0.25, 0.3) is 0 Å². The van der Waals surface area contributed by atoms with E-state index in [-0.39, 0.29) is 30.6 Å². The molecule has 2 aliphatic heterocycles. The molecule has 10 nitrogen and oxygen atoms in total. The van der Waals surface area contributed by atoms with Crippen LogP contribution in [-0.4, -0.2) is 65.5 Å². The number of para-hydroxylation sites is 2. The molecule has 3 atom stereocenters. The van der Waals surface area contributed by atoms with Crippen molar-refractivity contribution in [2.24, 2.45) is 0 Å². The molecule has 2 aliphatic rings. The molecule has 2 fully saturated rings. The number of nitrogens with one attached hydrogen (secondary N) is 2. The van der Waals surface area contributed by atoms with Gasteiger partial charge in [-0.3, -0.25) is 19.4 Å². The van der Waals surface area contributed by atoms with Crippen molar-refractivity contribution in [3.05, 3.63) is 155 Å². The summed E-state index contributed by atoms with van der Waals surface area (Å²) >= 11 is 0. The van der Waals surface area contributed by atoms with Gasteiger partial charge in [-0.15, -0.1) is 0 Å². The van der Waals surface area contributed by atoms with Gasteiger partial charge in [0.05, 0.1) is 30.2 Å². The fourth-order valence-corrected chi connectivity index (χ4v) is 7.85. The Labute approximate surface area is 348 Å². The van der Waals surface area contributed by atoms with Gasteiger partial charge in [-0.2, -0.15) is 0 Å². The highest BCUT2D eigenvalue weighted by atomic mass is 16.7. The number of piperazine rings is 1. The average molecular weight is 796 g/mol. The molecule has 0 radical (unpaired) electrons. The van der Waals surface area contributed by atoms with Crippen LogP contribution in [0.2, 0.25) is 0 Å². The van der Waals surface area contributed by atoms with Gasteiger partial charge < -0.3 is 30.9 Å². The van der Waals surface area contributed by atoms with Gasteiger partial charge in [-0.25, -0.2) is 0 Å². The molecule has 3 unspecified atom stereocenters. The molecule has 2 heterocycles. The van der Waals surface area contributed by atoms with Crippen molar-refractivity contribution in [1.82, 2.24) is 15.1 Å². The number of aliphatic hydroxyl groups excluding tert-OH is 1. The Kier molecular flexibility index (Phi) is 14.9. The van der Waals surface area contributed by atoms with Gasteiger partial charge in [0.15, 0.2) is 6.29 Å². The Bertz CT molecular complexity index is 2090. The maximum Gasteiger partial charge on any atom is 0.224 e. The SMILES string of the molecule is Nc1ccccc1NC(=O)CCCCCC(=O)NCc1cccc(-c2ccc(C3OC(CN4CCN(Cc5ccccc5)CC4)CC(c4ccc(CO)cc4)O3)cc2)c1. The number of unbranched alkanes of at least 4 members (excludes halogenated alkanes) is 2. The molecular weight excluding hydrogens is 739 g/mol. The van der Waals surface area contributed by atoms with Crippen LogP contribution in [0.1, 0.15) is 78.7 Å². The fraction of sp³-hybridized carbons (Fsp3) is 0.347. The van der Waals surface area contributed by atoms with Crippen LogP contribution in [0, 0.1) is 0 Å². The lowest BCUT2D eigenvalue weighted by Crippen LogP contribution is -2.49. The number of nitrogen functional groups attached to an aromatic ring is 1. The van der Waals surface area contributed by atoms with Gasteiger partial charge in [-0.1, -0.05) is 116 Å². The average Bonchev–Trinajstić information content (AvgIpc) is 3.27. The van der Waals surface area contributed by atoms with Gasteiger partial charge in [0.1, 0.15) is 0 Å². The number of carbonyl (C=O) groups is 2. The van der Waals surface area contributed by atoms with Crippen molar-refractivity contribution in [2.45, 2.75) is 76.7 Å². The summed E-state index contributed by atoms with van der Waals surface area (Å²) in [7, 11) is 0. The number of nitrogens with zero attached hydrogens (tertiary/aromatic N) is 2. The predicted octanol–water partition coefficient (Wildman–Crippen LogP) is 8.00. The van der Waals surface area contributed by atoms with Gasteiger partial charge in [0, 0.05) is 70.6 Å². The number of hydrogen-bond acceptors (Lipinski definition) is 8. The molecule has 10 heteroatoms. The van der Waals surface area contributed by atoms with Crippen LogP contribution in [0.5, 0.6) is 0 Å². The van der Waals surface area contributed by atoms with Crippen LogP contribution in [-0.2, 0) is 38.8 Å². The van der Waals surface area contributed by atoms with Gasteiger partial charge >= 0.3 is 0 Å². The van der Waals surface area contributed by atoms with Crippen LogP contribution >= 0.6 is 0 Å². The van der Waals surface area contributed by atoms with Crippen molar-refractivity contribution in [3.63, 3.8) is 0 Å². The van der Waals surface area contributed by atoms with Crippen molar-refractivity contribution in [1.29, 1.82) is 0 Å². The number of ether oxygens (including phenoxy) is 2. The summed E-state index contributed by atoms with van der Waals surface area (Å²) in [6, 6.07) is 42.6. The Morgan fingerprint density at radius 3 is 2.08 bits per heavy atom. The Balaban J connectivity index is 0.901. The van der Waals surface area contributed by atoms with E-state index in [1.54, 1.807) is 12.1 Å². The van der Waals surface area contributed by atoms with Gasteiger partial charge in [0.2, 0.25) is 11.8 Å². The number of benzene rings is 5. The number of nitrogens with two attached hydrogens (primary N) is 1. The molecule has 5 aromatic carbocycles. The van der Waals surface area contributed by atoms with E-state index in [1.165, 1.54) is 5.56 Å². The molecule has 7 rings (SSSR count). The molecule has 0 bridgehead atoms. The minimum Gasteiger partial charge on any atom is -0.397 e. The molecule has 5 N–H and O–H groups in total. The van der Waals surface area contributed by atoms with E-state index < -0.39 is 6.29 Å². The van der Waals surface area contributed by atoms with Crippen molar-refractivity contribution in [2.75, 3.05) is 43.8 Å². The van der Waals surface area contributed by atoms with Crippen LogP contribution < -0.4 is 16.4 Å². The first kappa shape index (κ1) is 41.8. The lowest BCUT2D eigenvalue weighted by atomic mass is 9.98. The molecule has 5 aromatic rings. The molecule has 0 spiro atoms. The molecule has 2 saturated heterocycles. The number of rotatable bonds is 17. The number of aliphatic hydroxyl groups is 1. The minimum atomic E-state index is -0.517. The van der Waals surface area contributed by atoms with Crippen molar-refractivity contribution >= 4 is 23.2 Å². The first-order chi connectivity index (χ1) is 28.9. The maximum absolute atomic E-state index is 12.6. The summed E-state index contributed by atoms with van der Waals surface area (Å²) in [5.74, 6) is -0.0726. The van der Waals surface area contributed by atoms with Crippen molar-refractivity contribution in [3.8, 4) is 11.1 Å². The standard InChI is InChI=1S/C49H57N5O5/c50-44-14-7-8-15-45(44)52-48(57)17-6-2-5-16-47(56)51-32-38-12-9-13-42(30-38)39-22-24-41(25-23-39)49-58-43(31-46(59-49)40-20-18-37(35-55)19-21-40)34-54-28-26-53(27-29-54)33-36-10-3-1-4-11-36/h1,3-4,7-15,18-25,30,43,46,49,55H,2,5-6,16-17,26-29,31-35,50H2,(H,51,56)(H,52,57). The lowest BCUT2D eigenvalue weighted by molar-refractivity contribution is -0.253. The van der Waals surface area contributed by atoms with Crippen LogP contribution in [0.25, 0.3) is 11.1 Å². The number of anilines is 2. The smallest absolute Gasteiger partial charge is 0.224 e. The highest BCUT2D eigenvalue weighted by Gasteiger charge is 2.34. The first-order valence-corrected chi connectivity index (χ1v) is 21.0. The number of hydrogen-bond donors (Lipinski definition) is 4. The number of amides is 2. The van der Waals surface area contributed by atoms with Crippen molar-refractivity contribution < 1.29 is 24.2 Å². The quantitative estimate of drug-likeness (QED) is 0.0551. The zero-order valence-electron chi connectivity index (χ0n) is 33.8. The normalized spacial score (nSPS) is 18.6. The summed E-state index contributed by atoms with van der Waals surface area (Å²) < 4.78 is 13.4. The molecule has 0 aliphatic carbocycles. The van der Waals surface area contributed by atoms with E-state index in [0.717, 1.165) is 91.9 Å². The van der Waals surface area contributed by atoms with Gasteiger partial charge in [-0.05, 0) is 64.4 Å². The molecule has 308 valence electrons. The molecule has 0 saturated carbocycles. The zero-order chi connectivity index (χ0) is 40.8. The summed E-state index contributed by atoms with van der Waals surface area (Å²) in [5, 5.41) is 15.5. The van der Waals surface area contributed by atoms with E-state index in [4.69, 9.17) is 15.2 Å². The Morgan fingerprint density at radius 1 is 0.661 bits per heavy atom. The highest BCUT2D eigenvalue weighted by molar-refractivity contribution is 5.93. The van der Waals surface area contributed by atoms with E-state index in [1.807, 2.05) is 36.4 Å². The molecule has 0 aromatic heterocycles. The summed E-state index contributed by atoms with van der Waals surface area (Å²) in [5.41, 5.74) is 14.5. The third kappa shape index (κ3) is 12.3.